The summed E-state index contributed by atoms with van der Waals surface area (Å²) in [5, 5.41) is 0. The summed E-state index contributed by atoms with van der Waals surface area (Å²) in [6.45, 7) is 4.99. The summed E-state index contributed by atoms with van der Waals surface area (Å²) in [6, 6.07) is 6.37. The Morgan fingerprint density at radius 3 is 1.51 bits per heavy atom. The van der Waals surface area contributed by atoms with Gasteiger partial charge in [-0.3, -0.25) is 19.2 Å². The van der Waals surface area contributed by atoms with Crippen LogP contribution in [0.5, 0.6) is 5.75 Å². The maximum Gasteiger partial charge on any atom is 0.338 e. The summed E-state index contributed by atoms with van der Waals surface area (Å²) in [6.07, 6.45) is 3.51. The molecule has 11 heteroatoms. The molecular formula is C28H40O11. The first-order valence-corrected chi connectivity index (χ1v) is 13.4. The third-order valence-corrected chi connectivity index (χ3v) is 5.08. The molecule has 0 saturated carbocycles. The van der Waals surface area contributed by atoms with Crippen LogP contribution in [0, 0.1) is 0 Å². The minimum Gasteiger partial charge on any atom is -0.493 e. The number of rotatable bonds is 21. The number of hydrogen-bond donors (Lipinski definition) is 0. The molecule has 0 aliphatic heterocycles. The molecule has 0 aliphatic carbocycles. The molecule has 0 fully saturated rings. The number of unbranched alkanes of at least 4 members (excludes halogenated alkanes) is 2. The van der Waals surface area contributed by atoms with Crippen LogP contribution >= 0.6 is 0 Å². The van der Waals surface area contributed by atoms with Crippen LogP contribution in [-0.2, 0) is 42.9 Å². The van der Waals surface area contributed by atoms with Gasteiger partial charge in [-0.05, 0) is 37.6 Å². The molecule has 1 aromatic carbocycles. The molecule has 0 radical (unpaired) electrons. The number of hydrogen-bond acceptors (Lipinski definition) is 11. The van der Waals surface area contributed by atoms with Crippen molar-refractivity contribution >= 4 is 29.8 Å². The van der Waals surface area contributed by atoms with Gasteiger partial charge in [-0.2, -0.15) is 0 Å². The van der Waals surface area contributed by atoms with Crippen molar-refractivity contribution in [2.24, 2.45) is 0 Å². The first-order valence-electron chi connectivity index (χ1n) is 13.4. The second-order valence-electron chi connectivity index (χ2n) is 8.39. The Labute approximate surface area is 229 Å². The largest absolute Gasteiger partial charge is 0.493 e. The van der Waals surface area contributed by atoms with Crippen LogP contribution in [0.15, 0.2) is 24.3 Å². The van der Waals surface area contributed by atoms with Gasteiger partial charge in [-0.25, -0.2) is 4.79 Å². The van der Waals surface area contributed by atoms with E-state index in [0.717, 1.165) is 19.3 Å². The van der Waals surface area contributed by atoms with E-state index in [9.17, 15) is 24.0 Å². The van der Waals surface area contributed by atoms with Gasteiger partial charge in [0.05, 0.1) is 70.9 Å². The molecule has 0 unspecified atom stereocenters. The zero-order valence-electron chi connectivity index (χ0n) is 22.9. The third-order valence-electron chi connectivity index (χ3n) is 5.08. The Balaban J connectivity index is 2.11. The molecular weight excluding hydrogens is 512 g/mol. The Morgan fingerprint density at radius 2 is 1.00 bits per heavy atom. The van der Waals surface area contributed by atoms with E-state index in [2.05, 4.69) is 6.92 Å². The fourth-order valence-corrected chi connectivity index (χ4v) is 3.01. The predicted octanol–water partition coefficient (Wildman–Crippen LogP) is 3.95. The van der Waals surface area contributed by atoms with Crippen LogP contribution in [0.4, 0.5) is 0 Å². The summed E-state index contributed by atoms with van der Waals surface area (Å²) in [7, 11) is 0. The average Bonchev–Trinajstić information content (AvgIpc) is 2.93. The Kier molecular flexibility index (Phi) is 18.3. The lowest BCUT2D eigenvalue weighted by Gasteiger charge is -2.09. The number of benzene rings is 1. The first-order chi connectivity index (χ1) is 18.8. The van der Waals surface area contributed by atoms with Crippen LogP contribution in [0.1, 0.15) is 82.0 Å². The molecule has 0 atom stereocenters. The smallest absolute Gasteiger partial charge is 0.338 e. The predicted molar refractivity (Wildman–Crippen MR) is 139 cm³/mol. The quantitative estimate of drug-likeness (QED) is 0.124. The monoisotopic (exact) mass is 552 g/mol. The van der Waals surface area contributed by atoms with Gasteiger partial charge in [-0.15, -0.1) is 0 Å². The van der Waals surface area contributed by atoms with Crippen LogP contribution in [-0.4, -0.2) is 69.5 Å². The molecule has 0 spiro atoms. The fourth-order valence-electron chi connectivity index (χ4n) is 3.01. The topological polar surface area (TPSA) is 141 Å². The lowest BCUT2D eigenvalue weighted by Crippen LogP contribution is -2.13. The maximum absolute atomic E-state index is 12.2. The van der Waals surface area contributed by atoms with E-state index in [0.29, 0.717) is 37.4 Å². The lowest BCUT2D eigenvalue weighted by molar-refractivity contribution is -0.150. The highest BCUT2D eigenvalue weighted by molar-refractivity contribution is 5.89. The highest BCUT2D eigenvalue weighted by Crippen LogP contribution is 2.13. The Hall–Kier alpha value is -3.63. The summed E-state index contributed by atoms with van der Waals surface area (Å²) >= 11 is 0. The van der Waals surface area contributed by atoms with Crippen LogP contribution in [0.25, 0.3) is 0 Å². The Bertz CT molecular complexity index is 880. The van der Waals surface area contributed by atoms with Crippen molar-refractivity contribution in [1.29, 1.82) is 0 Å². The van der Waals surface area contributed by atoms with Gasteiger partial charge in [-0.1, -0.05) is 19.8 Å². The van der Waals surface area contributed by atoms with E-state index in [-0.39, 0.29) is 52.1 Å². The van der Waals surface area contributed by atoms with Gasteiger partial charge in [0.25, 0.3) is 0 Å². The van der Waals surface area contributed by atoms with E-state index < -0.39 is 29.8 Å². The van der Waals surface area contributed by atoms with Crippen molar-refractivity contribution in [2.45, 2.75) is 71.6 Å². The zero-order valence-corrected chi connectivity index (χ0v) is 22.9. The molecule has 0 aromatic heterocycles. The molecule has 11 nitrogen and oxygen atoms in total. The van der Waals surface area contributed by atoms with Gasteiger partial charge >= 0.3 is 29.8 Å². The van der Waals surface area contributed by atoms with Crippen molar-refractivity contribution in [3.05, 3.63) is 29.8 Å². The van der Waals surface area contributed by atoms with Crippen molar-refractivity contribution in [3.8, 4) is 5.75 Å². The van der Waals surface area contributed by atoms with E-state index >= 15 is 0 Å². The van der Waals surface area contributed by atoms with Gasteiger partial charge in [0.1, 0.15) is 5.75 Å². The van der Waals surface area contributed by atoms with Crippen molar-refractivity contribution in [3.63, 3.8) is 0 Å². The van der Waals surface area contributed by atoms with Gasteiger partial charge in [0, 0.05) is 12.8 Å². The highest BCUT2D eigenvalue weighted by atomic mass is 16.6. The minimum absolute atomic E-state index is 0.00979. The molecule has 0 N–H and O–H groups in total. The molecule has 0 bridgehead atoms. The third kappa shape index (κ3) is 17.5. The summed E-state index contributed by atoms with van der Waals surface area (Å²) in [5.74, 6) is -1.81. The molecule has 1 rings (SSSR count). The summed E-state index contributed by atoms with van der Waals surface area (Å²) < 4.78 is 30.6. The van der Waals surface area contributed by atoms with E-state index in [1.54, 1.807) is 31.2 Å². The fraction of sp³-hybridized carbons (Fsp3) is 0.607. The van der Waals surface area contributed by atoms with E-state index in [1.165, 1.54) is 0 Å². The van der Waals surface area contributed by atoms with Gasteiger partial charge in [0.2, 0.25) is 0 Å². The minimum atomic E-state index is -0.520. The Morgan fingerprint density at radius 1 is 0.538 bits per heavy atom. The van der Waals surface area contributed by atoms with Crippen molar-refractivity contribution < 1.29 is 52.4 Å². The molecule has 1 aromatic rings. The molecule has 0 heterocycles. The molecule has 39 heavy (non-hydrogen) atoms. The van der Waals surface area contributed by atoms with Gasteiger partial charge < -0.3 is 28.4 Å². The second kappa shape index (κ2) is 21.3. The number of ether oxygens (including phenoxy) is 6. The van der Waals surface area contributed by atoms with E-state index in [4.69, 9.17) is 28.4 Å². The molecule has 0 saturated heterocycles. The standard InChI is InChI=1S/C28H40O11/c1-3-5-6-17-36-25(30)15-16-27(32)38-20-8-21-39-28(33)22-9-11-23(12-10-22)35-18-7-19-37-26(31)14-13-24(29)34-4-2/h9-12H,3-8,13-21H2,1-2H3. The van der Waals surface area contributed by atoms with Crippen LogP contribution in [0.2, 0.25) is 0 Å². The molecule has 0 amide bonds. The summed E-state index contributed by atoms with van der Waals surface area (Å²) in [4.78, 5) is 58.2. The number of carbonyl (C=O) groups excluding carboxylic acids is 5. The molecule has 0 aliphatic rings. The zero-order chi connectivity index (χ0) is 28.7. The lowest BCUT2D eigenvalue weighted by atomic mass is 10.2. The van der Waals surface area contributed by atoms with Crippen LogP contribution in [0.3, 0.4) is 0 Å². The average molecular weight is 553 g/mol. The van der Waals surface area contributed by atoms with Crippen LogP contribution < -0.4 is 4.74 Å². The normalized spacial score (nSPS) is 10.3. The van der Waals surface area contributed by atoms with E-state index in [1.807, 2.05) is 0 Å². The maximum atomic E-state index is 12.2. The van der Waals surface area contributed by atoms with Gasteiger partial charge in [0.15, 0.2) is 0 Å². The SMILES string of the molecule is CCCCCOC(=O)CCC(=O)OCCCOC(=O)c1ccc(OCCCOC(=O)CCC(=O)OCC)cc1. The first kappa shape index (κ1) is 33.4. The highest BCUT2D eigenvalue weighted by Gasteiger charge is 2.11. The van der Waals surface area contributed by atoms with Crippen molar-refractivity contribution in [2.75, 3.05) is 39.6 Å². The summed E-state index contributed by atoms with van der Waals surface area (Å²) in [5.41, 5.74) is 0.340. The van der Waals surface area contributed by atoms with Crippen molar-refractivity contribution in [1.82, 2.24) is 0 Å². The second-order valence-corrected chi connectivity index (χ2v) is 8.39. The molecule has 218 valence electrons. The number of carbonyl (C=O) groups is 5. The number of esters is 5.